The molecule has 1 aliphatic carbocycles. The predicted molar refractivity (Wildman–Crippen MR) is 111 cm³/mol. The van der Waals surface area contributed by atoms with Gasteiger partial charge in [0.1, 0.15) is 10.4 Å². The summed E-state index contributed by atoms with van der Waals surface area (Å²) in [6.07, 6.45) is 2.29. The largest absolute Gasteiger partial charge is 0.449 e. The summed E-state index contributed by atoms with van der Waals surface area (Å²) in [5.74, 6) is 0.509. The molecule has 3 heterocycles. The molecule has 29 heavy (non-hydrogen) atoms. The molecule has 2 atom stereocenters. The van der Waals surface area contributed by atoms with E-state index in [0.717, 1.165) is 35.0 Å². The van der Waals surface area contributed by atoms with E-state index >= 15 is 0 Å². The highest BCUT2D eigenvalue weighted by atomic mass is 32.1. The van der Waals surface area contributed by atoms with Crippen LogP contribution in [0.15, 0.2) is 39.5 Å². The molecule has 0 saturated carbocycles. The molecule has 6 nitrogen and oxygen atoms in total. The van der Waals surface area contributed by atoms with Gasteiger partial charge in [0.2, 0.25) is 5.76 Å². The first-order chi connectivity index (χ1) is 14.0. The van der Waals surface area contributed by atoms with Gasteiger partial charge in [0.25, 0.3) is 5.56 Å². The van der Waals surface area contributed by atoms with Crippen molar-refractivity contribution in [3.63, 3.8) is 0 Å². The van der Waals surface area contributed by atoms with E-state index in [2.05, 4.69) is 16.9 Å². The van der Waals surface area contributed by atoms with Crippen LogP contribution in [-0.2, 0) is 17.6 Å². The van der Waals surface area contributed by atoms with Crippen molar-refractivity contribution in [2.75, 3.05) is 0 Å². The number of nitrogens with one attached hydrogen (secondary N) is 1. The van der Waals surface area contributed by atoms with Crippen LogP contribution < -0.4 is 5.56 Å². The Morgan fingerprint density at radius 3 is 3.03 bits per heavy atom. The minimum absolute atomic E-state index is 0.127. The third-order valence-corrected chi connectivity index (χ3v) is 6.63. The Morgan fingerprint density at radius 1 is 1.38 bits per heavy atom. The number of benzene rings is 1. The van der Waals surface area contributed by atoms with Crippen molar-refractivity contribution in [3.8, 4) is 0 Å². The summed E-state index contributed by atoms with van der Waals surface area (Å²) in [7, 11) is 0. The number of esters is 1. The monoisotopic (exact) mass is 408 g/mol. The van der Waals surface area contributed by atoms with Crippen molar-refractivity contribution in [2.45, 2.75) is 39.2 Å². The van der Waals surface area contributed by atoms with E-state index in [9.17, 15) is 9.59 Å². The van der Waals surface area contributed by atoms with Crippen molar-refractivity contribution >= 4 is 38.5 Å². The van der Waals surface area contributed by atoms with Crippen LogP contribution in [0.3, 0.4) is 0 Å². The molecule has 3 aromatic heterocycles. The SMILES string of the molecule is C[C@H]1CCc2c(sc3nc([C@H](C)OC(=O)c4cc5ccccc5o4)[nH]c(=O)c23)C1. The Bertz CT molecular complexity index is 1270. The van der Waals surface area contributed by atoms with Gasteiger partial charge in [-0.3, -0.25) is 4.79 Å². The normalized spacial score (nSPS) is 17.4. The lowest BCUT2D eigenvalue weighted by Gasteiger charge is -2.17. The van der Waals surface area contributed by atoms with E-state index in [4.69, 9.17) is 9.15 Å². The van der Waals surface area contributed by atoms with Gasteiger partial charge in [-0.05, 0) is 49.8 Å². The number of rotatable bonds is 3. The minimum atomic E-state index is -0.703. The second-order valence-corrected chi connectivity index (χ2v) is 8.76. The predicted octanol–water partition coefficient (Wildman–Crippen LogP) is 4.77. The first-order valence-corrected chi connectivity index (χ1v) is 10.5. The molecule has 0 radical (unpaired) electrons. The molecule has 0 spiro atoms. The molecule has 0 bridgehead atoms. The summed E-state index contributed by atoms with van der Waals surface area (Å²) < 4.78 is 11.1. The number of fused-ring (bicyclic) bond motifs is 4. The topological polar surface area (TPSA) is 85.2 Å². The Hall–Kier alpha value is -2.93. The molecule has 0 unspecified atom stereocenters. The van der Waals surface area contributed by atoms with Gasteiger partial charge in [-0.1, -0.05) is 25.1 Å². The molecule has 0 fully saturated rings. The van der Waals surface area contributed by atoms with E-state index < -0.39 is 12.1 Å². The van der Waals surface area contributed by atoms with Gasteiger partial charge in [-0.15, -0.1) is 11.3 Å². The molecule has 0 amide bonds. The molecule has 5 rings (SSSR count). The fraction of sp³-hybridized carbons (Fsp3) is 0.318. The van der Waals surface area contributed by atoms with Crippen molar-refractivity contribution in [3.05, 3.63) is 62.7 Å². The van der Waals surface area contributed by atoms with Crippen LogP contribution in [0.4, 0.5) is 0 Å². The lowest BCUT2D eigenvalue weighted by Crippen LogP contribution is -2.18. The highest BCUT2D eigenvalue weighted by Gasteiger charge is 2.25. The summed E-state index contributed by atoms with van der Waals surface area (Å²) in [6.45, 7) is 3.93. The Balaban J connectivity index is 1.44. The standard InChI is InChI=1S/C22H20N2O4S/c1-11-7-8-14-17(9-11)29-21-18(14)20(25)23-19(24-21)12(2)27-22(26)16-10-13-5-3-4-6-15(13)28-16/h3-6,10-12H,7-9H2,1-2H3,(H,23,24,25)/t11-,12-/m0/s1. The van der Waals surface area contributed by atoms with Gasteiger partial charge in [0.15, 0.2) is 11.9 Å². The van der Waals surface area contributed by atoms with Gasteiger partial charge >= 0.3 is 5.97 Å². The van der Waals surface area contributed by atoms with Crippen LogP contribution >= 0.6 is 11.3 Å². The van der Waals surface area contributed by atoms with E-state index in [0.29, 0.717) is 22.7 Å². The summed E-state index contributed by atoms with van der Waals surface area (Å²) in [4.78, 5) is 34.6. The number of H-pyrrole nitrogens is 1. The van der Waals surface area contributed by atoms with Crippen molar-refractivity contribution in [2.24, 2.45) is 5.92 Å². The van der Waals surface area contributed by atoms with Crippen LogP contribution in [0.5, 0.6) is 0 Å². The Kier molecular flexibility index (Phi) is 4.28. The Labute approximate surface area is 170 Å². The van der Waals surface area contributed by atoms with E-state index in [1.54, 1.807) is 30.4 Å². The second-order valence-electron chi connectivity index (χ2n) is 7.68. The first-order valence-electron chi connectivity index (χ1n) is 9.73. The van der Waals surface area contributed by atoms with E-state index in [1.807, 2.05) is 18.2 Å². The second kappa shape index (κ2) is 6.84. The first kappa shape index (κ1) is 18.1. The van der Waals surface area contributed by atoms with Crippen molar-refractivity contribution in [1.82, 2.24) is 9.97 Å². The smallest absolute Gasteiger partial charge is 0.374 e. The molecule has 0 aliphatic heterocycles. The molecule has 7 heteroatoms. The zero-order valence-electron chi connectivity index (χ0n) is 16.2. The third kappa shape index (κ3) is 3.15. The molecule has 1 N–H and O–H groups in total. The number of carbonyl (C=O) groups excluding carboxylic acids is 1. The third-order valence-electron chi connectivity index (χ3n) is 5.48. The lowest BCUT2D eigenvalue weighted by molar-refractivity contribution is 0.0286. The molecule has 0 saturated heterocycles. The lowest BCUT2D eigenvalue weighted by atomic mass is 9.89. The number of aryl methyl sites for hydroxylation is 1. The number of aromatic nitrogens is 2. The van der Waals surface area contributed by atoms with Crippen molar-refractivity contribution < 1.29 is 13.9 Å². The molecule has 1 aliphatic rings. The van der Waals surface area contributed by atoms with Gasteiger partial charge in [0, 0.05) is 10.3 Å². The maximum absolute atomic E-state index is 12.7. The molecular formula is C22H20N2O4S. The van der Waals surface area contributed by atoms with Gasteiger partial charge in [-0.2, -0.15) is 0 Å². The Morgan fingerprint density at radius 2 is 2.21 bits per heavy atom. The molecule has 4 aromatic rings. The van der Waals surface area contributed by atoms with Crippen LogP contribution in [0, 0.1) is 5.92 Å². The average Bonchev–Trinajstić information content (AvgIpc) is 3.28. The highest BCUT2D eigenvalue weighted by Crippen LogP contribution is 2.36. The maximum atomic E-state index is 12.7. The molecular weight excluding hydrogens is 388 g/mol. The van der Waals surface area contributed by atoms with Gasteiger partial charge in [-0.25, -0.2) is 9.78 Å². The number of hydrogen-bond donors (Lipinski definition) is 1. The number of aromatic amines is 1. The average molecular weight is 408 g/mol. The maximum Gasteiger partial charge on any atom is 0.374 e. The fourth-order valence-electron chi connectivity index (χ4n) is 3.91. The van der Waals surface area contributed by atoms with Crippen LogP contribution in [0.1, 0.15) is 53.2 Å². The van der Waals surface area contributed by atoms with E-state index in [1.165, 1.54) is 4.88 Å². The summed E-state index contributed by atoms with van der Waals surface area (Å²) in [5.41, 5.74) is 1.59. The van der Waals surface area contributed by atoms with Gasteiger partial charge < -0.3 is 14.1 Å². The quantitative estimate of drug-likeness (QED) is 0.494. The number of para-hydroxylation sites is 1. The zero-order valence-corrected chi connectivity index (χ0v) is 17.0. The fourth-order valence-corrected chi connectivity index (χ4v) is 5.31. The van der Waals surface area contributed by atoms with Crippen LogP contribution in [0.25, 0.3) is 21.2 Å². The molecule has 148 valence electrons. The number of furan rings is 1. The number of carbonyl (C=O) groups is 1. The summed E-state index contributed by atoms with van der Waals surface area (Å²) in [6, 6.07) is 9.03. The highest BCUT2D eigenvalue weighted by molar-refractivity contribution is 7.18. The summed E-state index contributed by atoms with van der Waals surface area (Å²) >= 11 is 1.58. The van der Waals surface area contributed by atoms with Crippen LogP contribution in [0.2, 0.25) is 0 Å². The zero-order chi connectivity index (χ0) is 20.1. The van der Waals surface area contributed by atoms with Crippen LogP contribution in [-0.4, -0.2) is 15.9 Å². The van der Waals surface area contributed by atoms with Gasteiger partial charge in [0.05, 0.1) is 5.39 Å². The minimum Gasteiger partial charge on any atom is -0.449 e. The number of nitrogens with zero attached hydrogens (tertiary/aromatic N) is 1. The summed E-state index contributed by atoms with van der Waals surface area (Å²) in [5, 5.41) is 1.52. The number of thiophene rings is 1. The number of hydrogen-bond acceptors (Lipinski definition) is 6. The van der Waals surface area contributed by atoms with Crippen molar-refractivity contribution in [1.29, 1.82) is 0 Å². The molecule has 1 aromatic carbocycles. The number of ether oxygens (including phenoxy) is 1. The van der Waals surface area contributed by atoms with E-state index in [-0.39, 0.29) is 11.3 Å².